The molecule has 1 aromatic heterocycles. The number of thioether (sulfide) groups is 1. The largest absolute Gasteiger partial charge is 0.416 e. The van der Waals surface area contributed by atoms with E-state index < -0.39 is 5.82 Å². The molecule has 1 saturated carbocycles. The molecule has 1 fully saturated rings. The fourth-order valence-electron chi connectivity index (χ4n) is 1.67. The van der Waals surface area contributed by atoms with E-state index in [1.165, 1.54) is 18.2 Å². The number of rotatable bonds is 5. The molecule has 21 heavy (non-hydrogen) atoms. The third-order valence-electron chi connectivity index (χ3n) is 2.88. The number of carbonyl (C=O) groups is 1. The summed E-state index contributed by atoms with van der Waals surface area (Å²) in [5, 5.41) is 10.8. The first-order valence-corrected chi connectivity index (χ1v) is 7.69. The van der Waals surface area contributed by atoms with Crippen molar-refractivity contribution < 1.29 is 13.6 Å². The normalized spacial score (nSPS) is 14.2. The van der Waals surface area contributed by atoms with Gasteiger partial charge in [-0.1, -0.05) is 23.4 Å². The highest BCUT2D eigenvalue weighted by atomic mass is 35.5. The van der Waals surface area contributed by atoms with Crippen LogP contribution in [0.5, 0.6) is 0 Å². The van der Waals surface area contributed by atoms with Gasteiger partial charge in [-0.2, -0.15) is 0 Å². The summed E-state index contributed by atoms with van der Waals surface area (Å²) in [7, 11) is 0. The van der Waals surface area contributed by atoms with Crippen LogP contribution in [-0.4, -0.2) is 21.9 Å². The Bertz CT molecular complexity index is 675. The monoisotopic (exact) mass is 327 g/mol. The predicted octanol–water partition coefficient (Wildman–Crippen LogP) is 3.47. The number of hydrogen-bond donors (Lipinski definition) is 1. The van der Waals surface area contributed by atoms with Crippen LogP contribution in [0.25, 0.3) is 0 Å². The molecule has 3 rings (SSSR count). The van der Waals surface area contributed by atoms with Crippen LogP contribution in [0.4, 0.5) is 10.1 Å². The van der Waals surface area contributed by atoms with Gasteiger partial charge in [0.2, 0.25) is 11.8 Å². The van der Waals surface area contributed by atoms with E-state index in [0.29, 0.717) is 22.7 Å². The van der Waals surface area contributed by atoms with Crippen LogP contribution < -0.4 is 5.32 Å². The minimum atomic E-state index is -0.525. The van der Waals surface area contributed by atoms with Crippen molar-refractivity contribution in [1.82, 2.24) is 10.2 Å². The number of benzene rings is 1. The van der Waals surface area contributed by atoms with Gasteiger partial charge in [-0.3, -0.25) is 4.79 Å². The molecule has 0 atom stereocenters. The molecule has 1 heterocycles. The minimum absolute atomic E-state index is 0.0357. The van der Waals surface area contributed by atoms with Gasteiger partial charge in [0, 0.05) is 11.6 Å². The van der Waals surface area contributed by atoms with Crippen molar-refractivity contribution in [2.45, 2.75) is 24.0 Å². The third kappa shape index (κ3) is 3.74. The number of carbonyl (C=O) groups excluding carboxylic acids is 1. The molecule has 0 spiro atoms. The topological polar surface area (TPSA) is 68.0 Å². The number of nitrogens with zero attached hydrogens (tertiary/aromatic N) is 2. The van der Waals surface area contributed by atoms with Crippen LogP contribution in [0.15, 0.2) is 27.8 Å². The predicted molar refractivity (Wildman–Crippen MR) is 77.0 cm³/mol. The summed E-state index contributed by atoms with van der Waals surface area (Å²) in [6.45, 7) is 0. The summed E-state index contributed by atoms with van der Waals surface area (Å²) in [5.41, 5.74) is 0.441. The Kier molecular flexibility index (Phi) is 4.12. The Morgan fingerprint density at radius 3 is 3.00 bits per heavy atom. The molecule has 0 bridgehead atoms. The lowest BCUT2D eigenvalue weighted by molar-refractivity contribution is -0.113. The summed E-state index contributed by atoms with van der Waals surface area (Å²) in [6, 6.07) is 4.00. The molecule has 0 unspecified atom stereocenters. The number of aromatic nitrogens is 2. The number of anilines is 1. The zero-order chi connectivity index (χ0) is 14.8. The Hall–Kier alpha value is -1.60. The SMILES string of the molecule is O=C(CSc1nnc(C2CC2)o1)Nc1ccc(F)c(Cl)c1. The van der Waals surface area contributed by atoms with Crippen molar-refractivity contribution in [1.29, 1.82) is 0 Å². The van der Waals surface area contributed by atoms with Crippen LogP contribution >= 0.6 is 23.4 Å². The van der Waals surface area contributed by atoms with Gasteiger partial charge >= 0.3 is 0 Å². The van der Waals surface area contributed by atoms with E-state index in [2.05, 4.69) is 15.5 Å². The summed E-state index contributed by atoms with van der Waals surface area (Å²) < 4.78 is 18.4. The fourth-order valence-corrected chi connectivity index (χ4v) is 2.42. The first-order chi connectivity index (χ1) is 10.1. The zero-order valence-corrected chi connectivity index (χ0v) is 12.4. The second-order valence-corrected chi connectivity index (χ2v) is 5.98. The molecule has 0 radical (unpaired) electrons. The van der Waals surface area contributed by atoms with Crippen LogP contribution in [-0.2, 0) is 4.79 Å². The standard InChI is InChI=1S/C13H11ClFN3O2S/c14-9-5-8(3-4-10(9)15)16-11(19)6-21-13-18-17-12(20-13)7-1-2-7/h3-5,7H,1-2,6H2,(H,16,19). The number of hydrogen-bond acceptors (Lipinski definition) is 5. The molecule has 2 aromatic rings. The van der Waals surface area contributed by atoms with Crippen LogP contribution in [0, 0.1) is 5.82 Å². The maximum absolute atomic E-state index is 13.0. The van der Waals surface area contributed by atoms with E-state index in [1.807, 2.05) is 0 Å². The van der Waals surface area contributed by atoms with E-state index in [1.54, 1.807) is 0 Å². The fraction of sp³-hybridized carbons (Fsp3) is 0.308. The number of amides is 1. The summed E-state index contributed by atoms with van der Waals surface area (Å²) >= 11 is 6.81. The highest BCUT2D eigenvalue weighted by Crippen LogP contribution is 2.39. The van der Waals surface area contributed by atoms with Gasteiger partial charge in [0.1, 0.15) is 5.82 Å². The second kappa shape index (κ2) is 6.03. The molecule has 1 amide bonds. The molecule has 1 N–H and O–H groups in total. The molecular weight excluding hydrogens is 317 g/mol. The van der Waals surface area contributed by atoms with Gasteiger partial charge in [-0.25, -0.2) is 4.39 Å². The Balaban J connectivity index is 1.52. The smallest absolute Gasteiger partial charge is 0.277 e. The molecule has 0 saturated heterocycles. The third-order valence-corrected chi connectivity index (χ3v) is 3.99. The lowest BCUT2D eigenvalue weighted by Gasteiger charge is -2.04. The summed E-state index contributed by atoms with van der Waals surface area (Å²) in [5.74, 6) is 0.378. The average molecular weight is 328 g/mol. The summed E-state index contributed by atoms with van der Waals surface area (Å²) in [6.07, 6.45) is 2.16. The molecule has 5 nitrogen and oxygen atoms in total. The minimum Gasteiger partial charge on any atom is -0.416 e. The summed E-state index contributed by atoms with van der Waals surface area (Å²) in [4.78, 5) is 11.8. The molecule has 110 valence electrons. The maximum Gasteiger partial charge on any atom is 0.277 e. The Morgan fingerprint density at radius 1 is 1.48 bits per heavy atom. The highest BCUT2D eigenvalue weighted by molar-refractivity contribution is 7.99. The lowest BCUT2D eigenvalue weighted by Crippen LogP contribution is -2.14. The van der Waals surface area contributed by atoms with Gasteiger partial charge in [0.05, 0.1) is 10.8 Å². The highest BCUT2D eigenvalue weighted by Gasteiger charge is 2.29. The molecule has 1 aliphatic carbocycles. The van der Waals surface area contributed by atoms with Gasteiger partial charge in [0.15, 0.2) is 0 Å². The zero-order valence-electron chi connectivity index (χ0n) is 10.8. The van der Waals surface area contributed by atoms with Crippen molar-refractivity contribution in [3.63, 3.8) is 0 Å². The van der Waals surface area contributed by atoms with E-state index >= 15 is 0 Å². The number of halogens is 2. The van der Waals surface area contributed by atoms with Crippen molar-refractivity contribution >= 4 is 35.0 Å². The second-order valence-electron chi connectivity index (χ2n) is 4.65. The first kappa shape index (κ1) is 14.3. The number of nitrogens with one attached hydrogen (secondary N) is 1. The Labute approximate surface area is 129 Å². The van der Waals surface area contributed by atoms with E-state index in [-0.39, 0.29) is 16.7 Å². The van der Waals surface area contributed by atoms with E-state index in [0.717, 1.165) is 24.6 Å². The van der Waals surface area contributed by atoms with Crippen molar-refractivity contribution in [3.8, 4) is 0 Å². The molecule has 1 aromatic carbocycles. The molecule has 1 aliphatic rings. The van der Waals surface area contributed by atoms with Gasteiger partial charge in [0.25, 0.3) is 5.22 Å². The van der Waals surface area contributed by atoms with Crippen LogP contribution in [0.3, 0.4) is 0 Å². The van der Waals surface area contributed by atoms with E-state index in [4.69, 9.17) is 16.0 Å². The van der Waals surface area contributed by atoms with Gasteiger partial charge < -0.3 is 9.73 Å². The van der Waals surface area contributed by atoms with Crippen molar-refractivity contribution in [3.05, 3.63) is 34.9 Å². The quantitative estimate of drug-likeness (QED) is 0.852. The van der Waals surface area contributed by atoms with Crippen molar-refractivity contribution in [2.75, 3.05) is 11.1 Å². The first-order valence-electron chi connectivity index (χ1n) is 6.33. The van der Waals surface area contributed by atoms with Crippen LogP contribution in [0.1, 0.15) is 24.7 Å². The molecular formula is C13H11ClFN3O2S. The van der Waals surface area contributed by atoms with Crippen LogP contribution in [0.2, 0.25) is 5.02 Å². The molecule has 8 heteroatoms. The van der Waals surface area contributed by atoms with E-state index in [9.17, 15) is 9.18 Å². The average Bonchev–Trinajstić information content (AvgIpc) is 3.20. The van der Waals surface area contributed by atoms with Crippen molar-refractivity contribution in [2.24, 2.45) is 0 Å². The molecule has 0 aliphatic heterocycles. The lowest BCUT2D eigenvalue weighted by atomic mass is 10.3. The van der Waals surface area contributed by atoms with Gasteiger partial charge in [-0.15, -0.1) is 10.2 Å². The maximum atomic E-state index is 13.0. The Morgan fingerprint density at radius 2 is 2.29 bits per heavy atom. The van der Waals surface area contributed by atoms with Gasteiger partial charge in [-0.05, 0) is 31.0 Å².